The predicted octanol–water partition coefficient (Wildman–Crippen LogP) is 13.2. The molecule has 3 heteroatoms. The van der Waals surface area contributed by atoms with Crippen LogP contribution in [0.5, 0.6) is 0 Å². The molecule has 0 bridgehead atoms. The van der Waals surface area contributed by atoms with Gasteiger partial charge in [-0.3, -0.25) is 0 Å². The Hall–Kier alpha value is -6.29. The summed E-state index contributed by atoms with van der Waals surface area (Å²) in [7, 11) is 0. The number of thiophene rings is 1. The van der Waals surface area contributed by atoms with Gasteiger partial charge in [-0.05, 0) is 76.9 Å². The van der Waals surface area contributed by atoms with Crippen LogP contribution >= 0.6 is 11.3 Å². The van der Waals surface area contributed by atoms with Crippen molar-refractivity contribution in [2.75, 3.05) is 0 Å². The second kappa shape index (κ2) is 11.7. The fraction of sp³-hybridized carbons (Fsp3) is 0. The number of para-hydroxylation sites is 2. The minimum atomic E-state index is 0.954. The second-order valence-corrected chi connectivity index (χ2v) is 13.9. The molecule has 0 unspecified atom stereocenters. The molecule has 0 amide bonds. The average Bonchev–Trinajstić information content (AvgIpc) is 3.73. The Morgan fingerprint density at radius 3 is 1.76 bits per heavy atom. The first-order chi connectivity index (χ1) is 24.8. The summed E-state index contributed by atoms with van der Waals surface area (Å²) in [5.41, 5.74) is 12.3. The van der Waals surface area contributed by atoms with Crippen LogP contribution < -0.4 is 0 Å². The van der Waals surface area contributed by atoms with Crippen molar-refractivity contribution in [1.29, 1.82) is 0 Å². The van der Waals surface area contributed by atoms with E-state index in [1.807, 2.05) is 11.3 Å². The fourth-order valence-corrected chi connectivity index (χ4v) is 8.52. The number of fused-ring (bicyclic) bond motifs is 6. The van der Waals surface area contributed by atoms with Gasteiger partial charge in [-0.25, -0.2) is 4.98 Å². The Kier molecular flexibility index (Phi) is 6.71. The number of hydrogen-bond acceptors (Lipinski definition) is 2. The van der Waals surface area contributed by atoms with Gasteiger partial charge >= 0.3 is 0 Å². The number of nitrogens with zero attached hydrogens (tertiary/aromatic N) is 2. The van der Waals surface area contributed by atoms with Crippen molar-refractivity contribution in [2.24, 2.45) is 0 Å². The standard InChI is InChI=1S/C47H30N2S/c1-3-12-31(13-4-1)32-14-11-15-34(26-32)42-27-36(28-43(48-42)35-23-25-41-40-19-8-10-21-46(40)50-47(41)30-35)33-22-24-39-38-18-7-9-20-44(38)49(45(39)29-33)37-16-5-2-6-17-37/h1-30H. The third-order valence-electron chi connectivity index (χ3n) is 9.79. The highest BCUT2D eigenvalue weighted by Crippen LogP contribution is 2.39. The van der Waals surface area contributed by atoms with E-state index >= 15 is 0 Å². The molecule has 7 aromatic carbocycles. The summed E-state index contributed by atoms with van der Waals surface area (Å²) in [6.45, 7) is 0. The molecule has 0 saturated carbocycles. The minimum Gasteiger partial charge on any atom is -0.309 e. The molecular formula is C47H30N2S. The van der Waals surface area contributed by atoms with E-state index in [0.717, 1.165) is 39.3 Å². The van der Waals surface area contributed by atoms with Gasteiger partial charge in [0.1, 0.15) is 0 Å². The molecule has 0 radical (unpaired) electrons. The molecule has 0 aliphatic heterocycles. The SMILES string of the molecule is c1ccc(-c2cccc(-c3cc(-c4ccc5c6ccccc6n(-c6ccccc6)c5c4)cc(-c4ccc5c(c4)sc4ccccc45)n3)c2)cc1. The van der Waals surface area contributed by atoms with Crippen molar-refractivity contribution in [3.05, 3.63) is 182 Å². The highest BCUT2D eigenvalue weighted by Gasteiger charge is 2.16. The predicted molar refractivity (Wildman–Crippen MR) is 213 cm³/mol. The van der Waals surface area contributed by atoms with Gasteiger partial charge in [0.2, 0.25) is 0 Å². The van der Waals surface area contributed by atoms with Gasteiger partial charge in [-0.2, -0.15) is 0 Å². The Balaban J connectivity index is 1.19. The van der Waals surface area contributed by atoms with Crippen molar-refractivity contribution in [3.8, 4) is 50.5 Å². The van der Waals surface area contributed by atoms with E-state index in [2.05, 4.69) is 187 Å². The van der Waals surface area contributed by atoms with Crippen LogP contribution in [0.25, 0.3) is 92.4 Å². The normalized spacial score (nSPS) is 11.6. The maximum Gasteiger partial charge on any atom is 0.0716 e. The molecule has 3 heterocycles. The van der Waals surface area contributed by atoms with Crippen molar-refractivity contribution in [2.45, 2.75) is 0 Å². The lowest BCUT2D eigenvalue weighted by Gasteiger charge is -2.13. The van der Waals surface area contributed by atoms with Crippen LogP contribution in [-0.2, 0) is 0 Å². The number of pyridine rings is 1. The number of rotatable bonds is 5. The number of hydrogen-bond donors (Lipinski definition) is 0. The summed E-state index contributed by atoms with van der Waals surface area (Å²) in [6.07, 6.45) is 0. The third kappa shape index (κ3) is 4.82. The van der Waals surface area contributed by atoms with E-state index in [0.29, 0.717) is 0 Å². The molecule has 0 atom stereocenters. The van der Waals surface area contributed by atoms with E-state index in [9.17, 15) is 0 Å². The van der Waals surface area contributed by atoms with Crippen molar-refractivity contribution in [1.82, 2.24) is 9.55 Å². The molecule has 0 aliphatic carbocycles. The van der Waals surface area contributed by atoms with Crippen LogP contribution in [0.1, 0.15) is 0 Å². The van der Waals surface area contributed by atoms with Crippen molar-refractivity contribution < 1.29 is 0 Å². The highest BCUT2D eigenvalue weighted by atomic mass is 32.1. The van der Waals surface area contributed by atoms with Crippen molar-refractivity contribution >= 4 is 53.3 Å². The maximum atomic E-state index is 5.36. The molecule has 50 heavy (non-hydrogen) atoms. The first-order valence-corrected chi connectivity index (χ1v) is 17.8. The lowest BCUT2D eigenvalue weighted by Crippen LogP contribution is -1.94. The van der Waals surface area contributed by atoms with Gasteiger partial charge in [-0.1, -0.05) is 127 Å². The molecule has 0 fully saturated rings. The molecule has 3 aromatic heterocycles. The monoisotopic (exact) mass is 654 g/mol. The van der Waals surface area contributed by atoms with Crippen LogP contribution in [0.3, 0.4) is 0 Å². The molecule has 10 aromatic rings. The first-order valence-electron chi connectivity index (χ1n) is 17.0. The Bertz CT molecular complexity index is 2860. The lowest BCUT2D eigenvalue weighted by molar-refractivity contribution is 1.18. The van der Waals surface area contributed by atoms with Gasteiger partial charge in [0.25, 0.3) is 0 Å². The van der Waals surface area contributed by atoms with Gasteiger partial charge in [-0.15, -0.1) is 11.3 Å². The van der Waals surface area contributed by atoms with E-state index in [4.69, 9.17) is 4.98 Å². The number of aromatic nitrogens is 2. The first kappa shape index (κ1) is 28.7. The Morgan fingerprint density at radius 2 is 0.920 bits per heavy atom. The van der Waals surface area contributed by atoms with Crippen LogP contribution in [0, 0.1) is 0 Å². The molecule has 234 valence electrons. The summed E-state index contributed by atoms with van der Waals surface area (Å²) in [4.78, 5) is 5.36. The van der Waals surface area contributed by atoms with Crippen molar-refractivity contribution in [3.63, 3.8) is 0 Å². The molecular weight excluding hydrogens is 625 g/mol. The Morgan fingerprint density at radius 1 is 0.340 bits per heavy atom. The van der Waals surface area contributed by atoms with E-state index in [1.165, 1.54) is 53.1 Å². The molecule has 0 N–H and O–H groups in total. The zero-order chi connectivity index (χ0) is 33.0. The zero-order valence-corrected chi connectivity index (χ0v) is 27.9. The molecule has 10 rings (SSSR count). The van der Waals surface area contributed by atoms with Crippen LogP contribution in [0.15, 0.2) is 182 Å². The smallest absolute Gasteiger partial charge is 0.0716 e. The summed E-state index contributed by atoms with van der Waals surface area (Å²) in [6, 6.07) is 65.6. The summed E-state index contributed by atoms with van der Waals surface area (Å²) < 4.78 is 4.97. The summed E-state index contributed by atoms with van der Waals surface area (Å²) >= 11 is 1.84. The topological polar surface area (TPSA) is 17.8 Å². The fourth-order valence-electron chi connectivity index (χ4n) is 7.37. The zero-order valence-electron chi connectivity index (χ0n) is 27.1. The van der Waals surface area contributed by atoms with Gasteiger partial charge in [0, 0.05) is 47.8 Å². The van der Waals surface area contributed by atoms with E-state index in [-0.39, 0.29) is 0 Å². The summed E-state index contributed by atoms with van der Waals surface area (Å²) in [5, 5.41) is 5.10. The van der Waals surface area contributed by atoms with Gasteiger partial charge in [0.05, 0.1) is 22.4 Å². The Labute approximate surface area is 294 Å². The minimum absolute atomic E-state index is 0.954. The third-order valence-corrected chi connectivity index (χ3v) is 10.9. The van der Waals surface area contributed by atoms with Crippen LogP contribution in [0.2, 0.25) is 0 Å². The van der Waals surface area contributed by atoms with E-state index in [1.54, 1.807) is 0 Å². The highest BCUT2D eigenvalue weighted by molar-refractivity contribution is 7.25. The van der Waals surface area contributed by atoms with E-state index < -0.39 is 0 Å². The molecule has 0 spiro atoms. The second-order valence-electron chi connectivity index (χ2n) is 12.8. The average molecular weight is 655 g/mol. The molecule has 2 nitrogen and oxygen atoms in total. The molecule has 0 aliphatic rings. The maximum absolute atomic E-state index is 5.36. The summed E-state index contributed by atoms with van der Waals surface area (Å²) in [5.74, 6) is 0. The molecule has 0 saturated heterocycles. The largest absolute Gasteiger partial charge is 0.309 e. The quantitative estimate of drug-likeness (QED) is 0.181. The van der Waals surface area contributed by atoms with Crippen LogP contribution in [0.4, 0.5) is 0 Å². The van der Waals surface area contributed by atoms with Gasteiger partial charge < -0.3 is 4.57 Å². The lowest BCUT2D eigenvalue weighted by atomic mass is 9.97. The van der Waals surface area contributed by atoms with Crippen LogP contribution in [-0.4, -0.2) is 9.55 Å². The number of benzene rings is 7. The van der Waals surface area contributed by atoms with Gasteiger partial charge in [0.15, 0.2) is 0 Å².